The molecule has 3 nitrogen and oxygen atoms in total. The Morgan fingerprint density at radius 1 is 1.12 bits per heavy atom. The molecule has 6 heteroatoms. The fourth-order valence-corrected chi connectivity index (χ4v) is 1.39. The van der Waals surface area contributed by atoms with E-state index >= 15 is 0 Å². The smallest absolute Gasteiger partial charge is 0.138 e. The minimum Gasteiger partial charge on any atom is -0.384 e. The second-order valence-electron chi connectivity index (χ2n) is 3.32. The zero-order valence-corrected chi connectivity index (χ0v) is 8.34. The summed E-state index contributed by atoms with van der Waals surface area (Å²) >= 11 is 0. The van der Waals surface area contributed by atoms with Crippen LogP contribution in [0.5, 0.6) is 0 Å². The molecule has 1 heterocycles. The molecule has 2 aromatic rings. The molecule has 0 aliphatic carbocycles. The molecule has 0 radical (unpaired) electrons. The summed E-state index contributed by atoms with van der Waals surface area (Å²) in [4.78, 5) is 0. The summed E-state index contributed by atoms with van der Waals surface area (Å²) in [5.41, 5.74) is 5.15. The first-order chi connectivity index (χ1) is 7.49. The molecule has 2 rings (SSSR count). The largest absolute Gasteiger partial charge is 0.384 e. The lowest BCUT2D eigenvalue weighted by Crippen LogP contribution is -1.97. The molecule has 0 fully saturated rings. The van der Waals surface area contributed by atoms with Crippen LogP contribution >= 0.6 is 0 Å². The quantitative estimate of drug-likeness (QED) is 0.810. The molecule has 0 saturated carbocycles. The van der Waals surface area contributed by atoms with Gasteiger partial charge in [-0.1, -0.05) is 0 Å². The van der Waals surface area contributed by atoms with Gasteiger partial charge in [0.2, 0.25) is 0 Å². The van der Waals surface area contributed by atoms with Crippen LogP contribution in [0.1, 0.15) is 0 Å². The highest BCUT2D eigenvalue weighted by Gasteiger charge is 2.16. The van der Waals surface area contributed by atoms with Crippen molar-refractivity contribution in [2.24, 2.45) is 7.05 Å². The van der Waals surface area contributed by atoms with Crippen LogP contribution in [0, 0.1) is 17.5 Å². The average molecular weight is 227 g/mol. The topological polar surface area (TPSA) is 43.8 Å². The molecule has 0 aliphatic rings. The third-order valence-corrected chi connectivity index (χ3v) is 2.18. The maximum Gasteiger partial charge on any atom is 0.138 e. The monoisotopic (exact) mass is 227 g/mol. The van der Waals surface area contributed by atoms with Gasteiger partial charge < -0.3 is 5.73 Å². The number of benzene rings is 1. The predicted molar refractivity (Wildman–Crippen MR) is 52.9 cm³/mol. The highest BCUT2D eigenvalue weighted by Crippen LogP contribution is 2.26. The van der Waals surface area contributed by atoms with E-state index in [0.29, 0.717) is 12.1 Å². The molecule has 0 unspecified atom stereocenters. The molecule has 2 N–H and O–H groups in total. The second-order valence-corrected chi connectivity index (χ2v) is 3.32. The van der Waals surface area contributed by atoms with Crippen molar-refractivity contribution >= 4 is 5.82 Å². The van der Waals surface area contributed by atoms with E-state index in [1.807, 2.05) is 0 Å². The van der Waals surface area contributed by atoms with Gasteiger partial charge in [-0.25, -0.2) is 13.2 Å². The van der Waals surface area contributed by atoms with Gasteiger partial charge in [-0.15, -0.1) is 0 Å². The first-order valence-corrected chi connectivity index (χ1v) is 4.43. The van der Waals surface area contributed by atoms with Gasteiger partial charge in [0, 0.05) is 25.2 Å². The third kappa shape index (κ3) is 1.62. The van der Waals surface area contributed by atoms with Crippen LogP contribution in [0.15, 0.2) is 18.2 Å². The van der Waals surface area contributed by atoms with Crippen LogP contribution in [0.2, 0.25) is 0 Å². The lowest BCUT2D eigenvalue weighted by Gasteiger charge is -2.01. The van der Waals surface area contributed by atoms with Gasteiger partial charge in [0.25, 0.3) is 0 Å². The average Bonchev–Trinajstić information content (AvgIpc) is 2.44. The number of aromatic nitrogens is 2. The number of nitrogens with two attached hydrogens (primary N) is 1. The maximum absolute atomic E-state index is 13.4. The standard InChI is InChI=1S/C10H8F3N3/c1-16-9(14)4-8(15-16)10-6(12)2-5(11)3-7(10)13/h2-4H,14H2,1H3. The van der Waals surface area contributed by atoms with Gasteiger partial charge in [-0.3, -0.25) is 4.68 Å². The van der Waals surface area contributed by atoms with Crippen LogP contribution in [0.3, 0.4) is 0 Å². The molecule has 84 valence electrons. The number of nitrogens with zero attached hydrogens (tertiary/aromatic N) is 2. The lowest BCUT2D eigenvalue weighted by molar-refractivity contribution is 0.547. The van der Waals surface area contributed by atoms with Crippen LogP contribution in [-0.2, 0) is 7.05 Å². The Kier molecular flexibility index (Phi) is 2.34. The third-order valence-electron chi connectivity index (χ3n) is 2.18. The van der Waals surface area contributed by atoms with Gasteiger partial charge in [0.1, 0.15) is 29.0 Å². The van der Waals surface area contributed by atoms with Gasteiger partial charge in [-0.05, 0) is 0 Å². The summed E-state index contributed by atoms with van der Waals surface area (Å²) in [5, 5.41) is 3.82. The zero-order chi connectivity index (χ0) is 11.9. The molecule has 0 bridgehead atoms. The molecular formula is C10H8F3N3. The van der Waals surface area contributed by atoms with E-state index < -0.39 is 17.5 Å². The van der Waals surface area contributed by atoms with Crippen molar-refractivity contribution in [3.8, 4) is 11.3 Å². The second kappa shape index (κ2) is 3.55. The summed E-state index contributed by atoms with van der Waals surface area (Å²) in [6.45, 7) is 0. The SMILES string of the molecule is Cn1nc(-c2c(F)cc(F)cc2F)cc1N. The van der Waals surface area contributed by atoms with Crippen LogP contribution in [0.4, 0.5) is 19.0 Å². The first-order valence-electron chi connectivity index (χ1n) is 4.43. The Balaban J connectivity index is 2.64. The van der Waals surface area contributed by atoms with Gasteiger partial charge in [0.05, 0.1) is 5.56 Å². The minimum absolute atomic E-state index is 0.0370. The Morgan fingerprint density at radius 2 is 1.69 bits per heavy atom. The number of halogens is 3. The molecule has 0 saturated heterocycles. The van der Waals surface area contributed by atoms with Crippen molar-refractivity contribution in [1.29, 1.82) is 0 Å². The van der Waals surface area contributed by atoms with E-state index in [2.05, 4.69) is 5.10 Å². The Hall–Kier alpha value is -1.98. The van der Waals surface area contributed by atoms with Gasteiger partial charge >= 0.3 is 0 Å². The molecule has 0 atom stereocenters. The Labute approximate surface area is 89.3 Å². The highest BCUT2D eigenvalue weighted by molar-refractivity contribution is 5.63. The maximum atomic E-state index is 13.4. The minimum atomic E-state index is -1.00. The lowest BCUT2D eigenvalue weighted by atomic mass is 10.1. The fraction of sp³-hybridized carbons (Fsp3) is 0.100. The van der Waals surface area contributed by atoms with Crippen molar-refractivity contribution in [3.05, 3.63) is 35.7 Å². The number of hydrogen-bond donors (Lipinski definition) is 1. The molecule has 0 spiro atoms. The van der Waals surface area contributed by atoms with Crippen LogP contribution in [0.25, 0.3) is 11.3 Å². The van der Waals surface area contributed by atoms with Crippen molar-refractivity contribution in [2.45, 2.75) is 0 Å². The van der Waals surface area contributed by atoms with E-state index in [-0.39, 0.29) is 17.1 Å². The summed E-state index contributed by atoms with van der Waals surface area (Å²) < 4.78 is 40.7. The molecule has 1 aromatic heterocycles. The van der Waals surface area contributed by atoms with E-state index in [0.717, 1.165) is 0 Å². The molecular weight excluding hydrogens is 219 g/mol. The molecule has 16 heavy (non-hydrogen) atoms. The summed E-state index contributed by atoms with van der Waals surface area (Å²) in [6, 6.07) is 2.52. The van der Waals surface area contributed by atoms with Crippen molar-refractivity contribution < 1.29 is 13.2 Å². The first kappa shape index (κ1) is 10.5. The van der Waals surface area contributed by atoms with Crippen LogP contribution in [-0.4, -0.2) is 9.78 Å². The van der Waals surface area contributed by atoms with E-state index in [1.54, 1.807) is 0 Å². The molecule has 0 aliphatic heterocycles. The number of rotatable bonds is 1. The molecule has 0 amide bonds. The highest BCUT2D eigenvalue weighted by atomic mass is 19.1. The van der Waals surface area contributed by atoms with Crippen molar-refractivity contribution in [1.82, 2.24) is 9.78 Å². The van der Waals surface area contributed by atoms with Gasteiger partial charge in [0.15, 0.2) is 0 Å². The van der Waals surface area contributed by atoms with E-state index in [1.165, 1.54) is 17.8 Å². The van der Waals surface area contributed by atoms with Crippen LogP contribution < -0.4 is 5.73 Å². The Morgan fingerprint density at radius 3 is 2.12 bits per heavy atom. The van der Waals surface area contributed by atoms with Crippen molar-refractivity contribution in [3.63, 3.8) is 0 Å². The van der Waals surface area contributed by atoms with E-state index in [9.17, 15) is 13.2 Å². The van der Waals surface area contributed by atoms with Gasteiger partial charge in [-0.2, -0.15) is 5.10 Å². The summed E-state index contributed by atoms with van der Waals surface area (Å²) in [6.07, 6.45) is 0. The fourth-order valence-electron chi connectivity index (χ4n) is 1.39. The predicted octanol–water partition coefficient (Wildman–Crippen LogP) is 2.09. The Bertz CT molecular complexity index is 506. The number of hydrogen-bond acceptors (Lipinski definition) is 2. The van der Waals surface area contributed by atoms with E-state index in [4.69, 9.17) is 5.73 Å². The normalized spacial score (nSPS) is 10.8. The summed E-state index contributed by atoms with van der Waals surface area (Å²) in [5.74, 6) is -2.72. The van der Waals surface area contributed by atoms with Crippen molar-refractivity contribution in [2.75, 3.05) is 5.73 Å². The molecule has 1 aromatic carbocycles. The summed E-state index contributed by atoms with van der Waals surface area (Å²) in [7, 11) is 1.54. The zero-order valence-electron chi connectivity index (χ0n) is 8.34. The number of nitrogen functional groups attached to an aromatic ring is 1. The number of anilines is 1. The number of aryl methyl sites for hydroxylation is 1.